The molecule has 0 saturated heterocycles. The first-order chi connectivity index (χ1) is 12.6. The monoisotopic (exact) mass is 355 g/mol. The van der Waals surface area contributed by atoms with Crippen LogP contribution in [0.25, 0.3) is 0 Å². The van der Waals surface area contributed by atoms with E-state index in [2.05, 4.69) is 15.8 Å². The maximum absolute atomic E-state index is 12.0. The van der Waals surface area contributed by atoms with E-state index in [0.29, 0.717) is 23.7 Å². The maximum atomic E-state index is 12.0. The lowest BCUT2D eigenvalue weighted by Crippen LogP contribution is -2.34. The molecule has 0 aromatic heterocycles. The van der Waals surface area contributed by atoms with Gasteiger partial charge in [-0.15, -0.1) is 0 Å². The number of rotatable bonds is 8. The zero-order chi connectivity index (χ0) is 18.8. The number of amides is 2. The average Bonchev–Trinajstić information content (AvgIpc) is 2.67. The van der Waals surface area contributed by atoms with E-state index in [-0.39, 0.29) is 12.5 Å². The van der Waals surface area contributed by atoms with E-state index >= 15 is 0 Å². The lowest BCUT2D eigenvalue weighted by atomic mass is 10.2. The Morgan fingerprint density at radius 2 is 1.85 bits per heavy atom. The number of hydrogen-bond donors (Lipinski definition) is 2. The third-order valence-electron chi connectivity index (χ3n) is 3.37. The number of para-hydroxylation sites is 1. The minimum atomic E-state index is -0.433. The molecule has 2 aromatic carbocycles. The van der Waals surface area contributed by atoms with Gasteiger partial charge < -0.3 is 14.8 Å². The fourth-order valence-electron chi connectivity index (χ4n) is 2.09. The second-order valence-electron chi connectivity index (χ2n) is 5.18. The number of carbonyl (C=O) groups excluding carboxylic acids is 2. The number of nitrogens with one attached hydrogen (secondary N) is 2. The molecule has 2 N–H and O–H groups in total. The predicted molar refractivity (Wildman–Crippen MR) is 98.7 cm³/mol. The number of hydrazone groups is 1. The normalized spacial score (nSPS) is 10.4. The van der Waals surface area contributed by atoms with Crippen LogP contribution < -0.4 is 20.2 Å². The van der Waals surface area contributed by atoms with Gasteiger partial charge in [-0.25, -0.2) is 5.43 Å². The number of benzene rings is 2. The Morgan fingerprint density at radius 1 is 1.12 bits per heavy atom. The summed E-state index contributed by atoms with van der Waals surface area (Å²) in [7, 11) is 1.55. The summed E-state index contributed by atoms with van der Waals surface area (Å²) in [6.07, 6.45) is 1.49. The quantitative estimate of drug-likeness (QED) is 0.560. The Hall–Kier alpha value is -3.35. The lowest BCUT2D eigenvalue weighted by Gasteiger charge is -2.06. The van der Waals surface area contributed by atoms with Crippen molar-refractivity contribution in [3.05, 3.63) is 59.7 Å². The van der Waals surface area contributed by atoms with Crippen LogP contribution in [0.1, 0.15) is 22.8 Å². The molecule has 0 fully saturated rings. The highest BCUT2D eigenvalue weighted by atomic mass is 16.5. The summed E-state index contributed by atoms with van der Waals surface area (Å²) in [6, 6.07) is 13.9. The largest absolute Gasteiger partial charge is 0.497 e. The molecule has 7 heteroatoms. The molecule has 0 atom stereocenters. The third-order valence-corrected chi connectivity index (χ3v) is 3.37. The van der Waals surface area contributed by atoms with Crippen LogP contribution in [0, 0.1) is 0 Å². The standard InChI is InChI=1S/C19H21N3O4/c1-3-26-17-7-5-4-6-15(17)12-21-22-18(23)13-20-19(24)14-8-10-16(25-2)11-9-14/h4-12H,3,13H2,1-2H3,(H,20,24)(H,22,23)/b21-12+. The van der Waals surface area contributed by atoms with Crippen molar-refractivity contribution < 1.29 is 19.1 Å². The Bertz CT molecular complexity index is 773. The number of ether oxygens (including phenoxy) is 2. The zero-order valence-corrected chi connectivity index (χ0v) is 14.7. The summed E-state index contributed by atoms with van der Waals surface area (Å²) in [5.41, 5.74) is 3.55. The topological polar surface area (TPSA) is 89.0 Å². The van der Waals surface area contributed by atoms with E-state index in [1.54, 1.807) is 31.4 Å². The van der Waals surface area contributed by atoms with E-state index < -0.39 is 5.91 Å². The molecule has 0 saturated carbocycles. The molecule has 0 aliphatic heterocycles. The highest BCUT2D eigenvalue weighted by molar-refractivity contribution is 5.96. The van der Waals surface area contributed by atoms with E-state index in [0.717, 1.165) is 5.56 Å². The second-order valence-corrected chi connectivity index (χ2v) is 5.18. The molecule has 0 unspecified atom stereocenters. The first-order valence-electron chi connectivity index (χ1n) is 8.10. The fourth-order valence-corrected chi connectivity index (χ4v) is 2.09. The van der Waals surface area contributed by atoms with E-state index in [9.17, 15) is 9.59 Å². The van der Waals surface area contributed by atoms with Crippen molar-refractivity contribution in [2.24, 2.45) is 5.10 Å². The van der Waals surface area contributed by atoms with Gasteiger partial charge in [0.05, 0.1) is 26.5 Å². The number of nitrogens with zero attached hydrogens (tertiary/aromatic N) is 1. The van der Waals surface area contributed by atoms with Gasteiger partial charge in [-0.05, 0) is 43.3 Å². The van der Waals surface area contributed by atoms with E-state index in [4.69, 9.17) is 9.47 Å². The number of carbonyl (C=O) groups is 2. The van der Waals surface area contributed by atoms with Gasteiger partial charge in [0.25, 0.3) is 11.8 Å². The molecule has 26 heavy (non-hydrogen) atoms. The summed E-state index contributed by atoms with van der Waals surface area (Å²) in [4.78, 5) is 23.8. The smallest absolute Gasteiger partial charge is 0.259 e. The van der Waals surface area contributed by atoms with Crippen molar-refractivity contribution >= 4 is 18.0 Å². The van der Waals surface area contributed by atoms with Gasteiger partial charge in [-0.2, -0.15) is 5.10 Å². The van der Waals surface area contributed by atoms with Gasteiger partial charge in [0, 0.05) is 11.1 Å². The average molecular weight is 355 g/mol. The van der Waals surface area contributed by atoms with Crippen molar-refractivity contribution in [2.45, 2.75) is 6.92 Å². The van der Waals surface area contributed by atoms with Crippen LogP contribution >= 0.6 is 0 Å². The van der Waals surface area contributed by atoms with Gasteiger partial charge in [-0.3, -0.25) is 9.59 Å². The Kier molecular flexibility index (Phi) is 7.17. The fraction of sp³-hybridized carbons (Fsp3) is 0.211. The summed E-state index contributed by atoms with van der Waals surface area (Å²) in [5.74, 6) is 0.548. The van der Waals surface area contributed by atoms with Gasteiger partial charge in [0.15, 0.2) is 0 Å². The van der Waals surface area contributed by atoms with Crippen molar-refractivity contribution in [2.75, 3.05) is 20.3 Å². The van der Waals surface area contributed by atoms with Crippen molar-refractivity contribution in [1.82, 2.24) is 10.7 Å². The number of hydrogen-bond acceptors (Lipinski definition) is 5. The molecule has 7 nitrogen and oxygen atoms in total. The van der Waals surface area contributed by atoms with Crippen LogP contribution in [0.2, 0.25) is 0 Å². The van der Waals surface area contributed by atoms with Gasteiger partial charge in [0.1, 0.15) is 11.5 Å². The Balaban J connectivity index is 1.82. The molecule has 136 valence electrons. The van der Waals surface area contributed by atoms with Crippen LogP contribution in [-0.4, -0.2) is 38.3 Å². The minimum absolute atomic E-state index is 0.185. The molecule has 0 radical (unpaired) electrons. The molecular weight excluding hydrogens is 334 g/mol. The van der Waals surface area contributed by atoms with Crippen molar-refractivity contribution in [1.29, 1.82) is 0 Å². The zero-order valence-electron chi connectivity index (χ0n) is 14.7. The molecule has 0 heterocycles. The van der Waals surface area contributed by atoms with Gasteiger partial charge >= 0.3 is 0 Å². The maximum Gasteiger partial charge on any atom is 0.259 e. The molecule has 0 spiro atoms. The summed E-state index contributed by atoms with van der Waals surface area (Å²) < 4.78 is 10.5. The minimum Gasteiger partial charge on any atom is -0.497 e. The molecule has 2 amide bonds. The van der Waals surface area contributed by atoms with Crippen LogP contribution in [0.15, 0.2) is 53.6 Å². The molecule has 2 rings (SSSR count). The van der Waals surface area contributed by atoms with Crippen molar-refractivity contribution in [3.8, 4) is 11.5 Å². The summed E-state index contributed by atoms with van der Waals surface area (Å²) in [6.45, 7) is 2.24. The summed E-state index contributed by atoms with van der Waals surface area (Å²) in [5, 5.41) is 6.41. The van der Waals surface area contributed by atoms with Crippen LogP contribution in [-0.2, 0) is 4.79 Å². The first kappa shape index (κ1) is 19.0. The summed E-state index contributed by atoms with van der Waals surface area (Å²) >= 11 is 0. The first-order valence-corrected chi connectivity index (χ1v) is 8.10. The van der Waals surface area contributed by atoms with Crippen molar-refractivity contribution in [3.63, 3.8) is 0 Å². The van der Waals surface area contributed by atoms with E-state index in [1.165, 1.54) is 6.21 Å². The third kappa shape index (κ3) is 5.62. The Labute approximate surface area is 152 Å². The molecule has 0 aliphatic rings. The van der Waals surface area contributed by atoms with Crippen LogP contribution in [0.3, 0.4) is 0 Å². The van der Waals surface area contributed by atoms with Gasteiger partial charge in [0.2, 0.25) is 0 Å². The predicted octanol–water partition coefficient (Wildman–Crippen LogP) is 1.97. The second kappa shape index (κ2) is 9.83. The van der Waals surface area contributed by atoms with Crippen LogP contribution in [0.4, 0.5) is 0 Å². The lowest BCUT2D eigenvalue weighted by molar-refractivity contribution is -0.120. The Morgan fingerprint density at radius 3 is 2.54 bits per heavy atom. The SMILES string of the molecule is CCOc1ccccc1/C=N/NC(=O)CNC(=O)c1ccc(OC)cc1. The van der Waals surface area contributed by atoms with Gasteiger partial charge in [-0.1, -0.05) is 12.1 Å². The molecular formula is C19H21N3O4. The van der Waals surface area contributed by atoms with E-state index in [1.807, 2.05) is 31.2 Å². The highest BCUT2D eigenvalue weighted by Gasteiger charge is 2.07. The highest BCUT2D eigenvalue weighted by Crippen LogP contribution is 2.15. The molecule has 2 aromatic rings. The molecule has 0 bridgehead atoms. The van der Waals surface area contributed by atoms with Crippen LogP contribution in [0.5, 0.6) is 11.5 Å². The number of methoxy groups -OCH3 is 1. The molecule has 0 aliphatic carbocycles.